The molecule has 37 heavy (non-hydrogen) atoms. The quantitative estimate of drug-likeness (QED) is 0.141. The lowest BCUT2D eigenvalue weighted by molar-refractivity contribution is -0.206. The number of benzene rings is 3. The van der Waals surface area contributed by atoms with Crippen molar-refractivity contribution < 1.29 is 45.3 Å². The van der Waals surface area contributed by atoms with Crippen molar-refractivity contribution >= 4 is 5.97 Å². The predicted molar refractivity (Wildman–Crippen MR) is 121 cm³/mol. The first-order valence-corrected chi connectivity index (χ1v) is 11.6. The van der Waals surface area contributed by atoms with Crippen LogP contribution in [0.1, 0.15) is 48.4 Å². The minimum atomic E-state index is -1.80. The molecule has 0 spiro atoms. The molecular weight excluding hydrogens is 502 g/mol. The number of esters is 1. The summed E-state index contributed by atoms with van der Waals surface area (Å²) >= 11 is 0. The molecule has 0 aromatic heterocycles. The highest BCUT2D eigenvalue weighted by molar-refractivity contribution is 5.92. The van der Waals surface area contributed by atoms with Gasteiger partial charge in [-0.15, -0.1) is 0 Å². The van der Waals surface area contributed by atoms with Crippen LogP contribution in [-0.4, -0.2) is 19.2 Å². The van der Waals surface area contributed by atoms with Crippen molar-refractivity contribution in [1.29, 1.82) is 0 Å². The molecule has 0 saturated carbocycles. The fourth-order valence-electron chi connectivity index (χ4n) is 3.98. The third-order valence-electron chi connectivity index (χ3n) is 5.92. The molecule has 0 atom stereocenters. The third-order valence-corrected chi connectivity index (χ3v) is 5.92. The summed E-state index contributed by atoms with van der Waals surface area (Å²) in [7, 11) is 0. The van der Waals surface area contributed by atoms with Gasteiger partial charge >= 0.3 is 5.97 Å². The molecule has 0 N–H and O–H groups in total. The van der Waals surface area contributed by atoms with E-state index < -0.39 is 58.5 Å². The monoisotopic (exact) mass is 524 g/mol. The van der Waals surface area contributed by atoms with Crippen LogP contribution in [0.5, 0.6) is 5.75 Å². The minimum Gasteiger partial charge on any atom is -0.423 e. The van der Waals surface area contributed by atoms with Crippen molar-refractivity contribution in [3.63, 3.8) is 0 Å². The summed E-state index contributed by atoms with van der Waals surface area (Å²) in [5.74, 6) is -10.9. The predicted octanol–water partition coefficient (Wildman–Crippen LogP) is 7.26. The molecule has 1 aliphatic heterocycles. The Hall–Kier alpha value is -3.37. The second kappa shape index (κ2) is 11.4. The smallest absolute Gasteiger partial charge is 0.349 e. The van der Waals surface area contributed by atoms with E-state index in [0.717, 1.165) is 37.5 Å². The lowest BCUT2D eigenvalue weighted by Gasteiger charge is -2.29. The number of unbranched alkanes of at least 4 members (excludes halogenated alkanes) is 1. The molecule has 1 fully saturated rings. The molecule has 10 heteroatoms. The van der Waals surface area contributed by atoms with Gasteiger partial charge in [-0.05, 0) is 30.2 Å². The zero-order valence-electron chi connectivity index (χ0n) is 19.6. The maximum absolute atomic E-state index is 14.9. The van der Waals surface area contributed by atoms with Crippen LogP contribution in [0.2, 0.25) is 0 Å². The van der Waals surface area contributed by atoms with Gasteiger partial charge in [-0.25, -0.2) is 31.1 Å². The number of rotatable bonds is 7. The average molecular weight is 524 g/mol. The minimum absolute atomic E-state index is 0.152. The van der Waals surface area contributed by atoms with Gasteiger partial charge in [0, 0.05) is 29.2 Å². The Morgan fingerprint density at radius 2 is 1.49 bits per heavy atom. The lowest BCUT2D eigenvalue weighted by atomic mass is 10.00. The van der Waals surface area contributed by atoms with E-state index in [0.29, 0.717) is 30.9 Å². The van der Waals surface area contributed by atoms with E-state index >= 15 is 0 Å². The Kier molecular flexibility index (Phi) is 8.19. The van der Waals surface area contributed by atoms with Gasteiger partial charge in [-0.1, -0.05) is 31.9 Å². The molecule has 0 aliphatic carbocycles. The van der Waals surface area contributed by atoms with Crippen LogP contribution in [-0.2, 0) is 9.47 Å². The van der Waals surface area contributed by atoms with Gasteiger partial charge in [-0.3, -0.25) is 0 Å². The van der Waals surface area contributed by atoms with Crippen molar-refractivity contribution in [3.05, 3.63) is 88.5 Å². The van der Waals surface area contributed by atoms with Gasteiger partial charge in [0.25, 0.3) is 0 Å². The summed E-state index contributed by atoms with van der Waals surface area (Å²) in [6.07, 6.45) is 2.31. The van der Waals surface area contributed by atoms with Crippen LogP contribution in [0.15, 0.2) is 42.5 Å². The second-order valence-electron chi connectivity index (χ2n) is 8.65. The van der Waals surface area contributed by atoms with Gasteiger partial charge in [-0.2, -0.15) is 0 Å². The number of ether oxygens (including phenoxy) is 3. The maximum Gasteiger partial charge on any atom is 0.349 e. The van der Waals surface area contributed by atoms with Crippen LogP contribution >= 0.6 is 0 Å². The van der Waals surface area contributed by atoms with Crippen molar-refractivity contribution in [2.24, 2.45) is 5.92 Å². The molecule has 0 radical (unpaired) electrons. The van der Waals surface area contributed by atoms with Gasteiger partial charge in [0.15, 0.2) is 23.7 Å². The van der Waals surface area contributed by atoms with E-state index in [-0.39, 0.29) is 17.0 Å². The number of carbonyl (C=O) groups excluding carboxylic acids is 1. The summed E-state index contributed by atoms with van der Waals surface area (Å²) in [5, 5.41) is 0. The summed E-state index contributed by atoms with van der Waals surface area (Å²) in [4.78, 5) is 12.2. The summed E-state index contributed by atoms with van der Waals surface area (Å²) in [6, 6.07) is 6.08. The first kappa shape index (κ1) is 26.7. The second-order valence-corrected chi connectivity index (χ2v) is 8.65. The fraction of sp³-hybridized carbons (Fsp3) is 0.296. The Morgan fingerprint density at radius 3 is 2.05 bits per heavy atom. The molecule has 0 bridgehead atoms. The number of hydrogen-bond donors (Lipinski definition) is 0. The third kappa shape index (κ3) is 5.97. The number of carbonyl (C=O) groups is 1. The number of hydrogen-bond acceptors (Lipinski definition) is 4. The highest BCUT2D eigenvalue weighted by Crippen LogP contribution is 2.32. The highest BCUT2D eigenvalue weighted by atomic mass is 19.2. The van der Waals surface area contributed by atoms with E-state index in [9.17, 15) is 31.1 Å². The van der Waals surface area contributed by atoms with E-state index in [1.165, 1.54) is 12.1 Å². The summed E-state index contributed by atoms with van der Waals surface area (Å²) < 4.78 is 100. The van der Waals surface area contributed by atoms with E-state index in [1.807, 2.05) is 0 Å². The first-order chi connectivity index (χ1) is 17.7. The van der Waals surface area contributed by atoms with Crippen LogP contribution < -0.4 is 4.74 Å². The van der Waals surface area contributed by atoms with Crippen molar-refractivity contribution in [3.8, 4) is 16.9 Å². The number of halogens is 6. The molecule has 1 aliphatic rings. The van der Waals surface area contributed by atoms with Crippen LogP contribution in [0.3, 0.4) is 0 Å². The van der Waals surface area contributed by atoms with Crippen molar-refractivity contribution in [2.45, 2.75) is 32.5 Å². The zero-order chi connectivity index (χ0) is 26.7. The largest absolute Gasteiger partial charge is 0.423 e. The summed E-state index contributed by atoms with van der Waals surface area (Å²) in [6.45, 7) is 3.03. The molecule has 4 nitrogen and oxygen atoms in total. The maximum atomic E-state index is 14.9. The topological polar surface area (TPSA) is 44.8 Å². The summed E-state index contributed by atoms with van der Waals surface area (Å²) in [5.41, 5.74) is -1.14. The molecular formula is C27H22F6O4. The Labute approximate surface area is 208 Å². The molecule has 3 aromatic rings. The van der Waals surface area contributed by atoms with Crippen LogP contribution in [0, 0.1) is 40.8 Å². The van der Waals surface area contributed by atoms with E-state index in [1.54, 1.807) is 0 Å². The molecule has 1 saturated heterocycles. The van der Waals surface area contributed by atoms with Crippen LogP contribution in [0.25, 0.3) is 11.1 Å². The van der Waals surface area contributed by atoms with Crippen molar-refractivity contribution in [2.75, 3.05) is 13.2 Å². The van der Waals surface area contributed by atoms with Crippen LogP contribution in [0.4, 0.5) is 26.3 Å². The molecule has 4 rings (SSSR count). The Bertz CT molecular complexity index is 1260. The fourth-order valence-corrected chi connectivity index (χ4v) is 3.98. The van der Waals surface area contributed by atoms with Gasteiger partial charge < -0.3 is 14.2 Å². The molecule has 0 amide bonds. The standard InChI is InChI=1S/C27H22F6O4/c1-2-3-4-14-12-35-27(36-13-14)15-5-6-18(19(28)7-15)16-8-20(29)24(21(30)9-16)26(34)37-17-10-22(31)25(33)23(32)11-17/h5-11,14,27H,2-4,12-13H2,1H3. The highest BCUT2D eigenvalue weighted by Gasteiger charge is 2.26. The molecule has 0 unspecified atom stereocenters. The Morgan fingerprint density at radius 1 is 0.865 bits per heavy atom. The van der Waals surface area contributed by atoms with E-state index in [4.69, 9.17) is 9.47 Å². The van der Waals surface area contributed by atoms with E-state index in [2.05, 4.69) is 11.7 Å². The van der Waals surface area contributed by atoms with Crippen molar-refractivity contribution in [1.82, 2.24) is 0 Å². The molecule has 3 aromatic carbocycles. The zero-order valence-corrected chi connectivity index (χ0v) is 19.6. The lowest BCUT2D eigenvalue weighted by Crippen LogP contribution is -2.27. The van der Waals surface area contributed by atoms with Gasteiger partial charge in [0.1, 0.15) is 28.8 Å². The molecule has 1 heterocycles. The first-order valence-electron chi connectivity index (χ1n) is 11.6. The van der Waals surface area contributed by atoms with Gasteiger partial charge in [0.2, 0.25) is 0 Å². The van der Waals surface area contributed by atoms with Gasteiger partial charge in [0.05, 0.1) is 13.2 Å². The SMILES string of the molecule is CCCCC1COC(c2ccc(-c3cc(F)c(C(=O)Oc4cc(F)c(F)c(F)c4)c(F)c3)c(F)c2)OC1. The molecule has 196 valence electrons. The average Bonchev–Trinajstić information content (AvgIpc) is 2.85. The Balaban J connectivity index is 1.51. The normalized spacial score (nSPS) is 17.6.